The molecule has 5 nitrogen and oxygen atoms in total. The second-order valence-electron chi connectivity index (χ2n) is 5.86. The molecule has 126 valence electrons. The van der Waals surface area contributed by atoms with E-state index in [-0.39, 0.29) is 5.91 Å². The predicted molar refractivity (Wildman–Crippen MR) is 94.2 cm³/mol. The number of hydrogen-bond donors (Lipinski definition) is 2. The number of benzene rings is 1. The first-order valence-corrected chi connectivity index (χ1v) is 8.60. The van der Waals surface area contributed by atoms with E-state index in [1.165, 1.54) is 11.1 Å². The lowest BCUT2D eigenvalue weighted by Gasteiger charge is -2.15. The number of aliphatic imine (C=N–C) groups is 1. The number of hydrogen-bond acceptors (Lipinski definition) is 2. The van der Waals surface area contributed by atoms with Gasteiger partial charge < -0.3 is 15.5 Å². The number of likely N-dealkylation sites (tertiary alicyclic amines) is 1. The van der Waals surface area contributed by atoms with Crippen molar-refractivity contribution in [2.45, 2.75) is 46.2 Å². The molecule has 1 aromatic rings. The van der Waals surface area contributed by atoms with Crippen molar-refractivity contribution in [2.75, 3.05) is 19.6 Å². The van der Waals surface area contributed by atoms with Crippen LogP contribution in [0.15, 0.2) is 29.3 Å². The average Bonchev–Trinajstić information content (AvgIpc) is 2.96. The standard InChI is InChI=1S/C18H28N4O/c1-3-11-20-18(19-4-2)21-13-15-7-9-16(10-8-15)14-22-12-5-6-17(22)23/h7-10H,3-6,11-14H2,1-2H3,(H2,19,20,21). The van der Waals surface area contributed by atoms with Gasteiger partial charge in [0.25, 0.3) is 0 Å². The SMILES string of the molecule is CCCNC(=NCc1ccc(CN2CCCC2=O)cc1)NCC. The van der Waals surface area contributed by atoms with E-state index >= 15 is 0 Å². The summed E-state index contributed by atoms with van der Waals surface area (Å²) in [5.41, 5.74) is 2.36. The van der Waals surface area contributed by atoms with E-state index in [1.807, 2.05) is 4.90 Å². The van der Waals surface area contributed by atoms with Gasteiger partial charge >= 0.3 is 0 Å². The maximum absolute atomic E-state index is 11.7. The van der Waals surface area contributed by atoms with Crippen molar-refractivity contribution in [1.29, 1.82) is 0 Å². The van der Waals surface area contributed by atoms with Crippen molar-refractivity contribution >= 4 is 11.9 Å². The highest BCUT2D eigenvalue weighted by Crippen LogP contribution is 2.15. The maximum Gasteiger partial charge on any atom is 0.222 e. The quantitative estimate of drug-likeness (QED) is 0.599. The molecule has 0 aliphatic carbocycles. The van der Waals surface area contributed by atoms with E-state index in [0.717, 1.165) is 45.0 Å². The first-order chi connectivity index (χ1) is 11.2. The van der Waals surface area contributed by atoms with Crippen LogP contribution in [0, 0.1) is 0 Å². The van der Waals surface area contributed by atoms with Gasteiger partial charge in [0.1, 0.15) is 0 Å². The largest absolute Gasteiger partial charge is 0.357 e. The van der Waals surface area contributed by atoms with Gasteiger partial charge in [0.05, 0.1) is 6.54 Å². The van der Waals surface area contributed by atoms with Gasteiger partial charge in [0, 0.05) is 32.6 Å². The fourth-order valence-corrected chi connectivity index (χ4v) is 2.60. The van der Waals surface area contributed by atoms with Crippen LogP contribution >= 0.6 is 0 Å². The molecule has 1 heterocycles. The Morgan fingerprint density at radius 3 is 2.52 bits per heavy atom. The Labute approximate surface area is 139 Å². The van der Waals surface area contributed by atoms with Crippen molar-refractivity contribution in [2.24, 2.45) is 4.99 Å². The third-order valence-corrected chi connectivity index (χ3v) is 3.87. The van der Waals surface area contributed by atoms with E-state index in [0.29, 0.717) is 13.0 Å². The Morgan fingerprint density at radius 2 is 1.91 bits per heavy atom. The van der Waals surface area contributed by atoms with Crippen molar-refractivity contribution in [1.82, 2.24) is 15.5 Å². The summed E-state index contributed by atoms with van der Waals surface area (Å²) in [6, 6.07) is 8.40. The smallest absolute Gasteiger partial charge is 0.222 e. The van der Waals surface area contributed by atoms with Crippen LogP contribution < -0.4 is 10.6 Å². The van der Waals surface area contributed by atoms with Crippen LogP contribution in [-0.4, -0.2) is 36.4 Å². The van der Waals surface area contributed by atoms with Crippen molar-refractivity contribution < 1.29 is 4.79 Å². The first-order valence-electron chi connectivity index (χ1n) is 8.60. The molecular weight excluding hydrogens is 288 g/mol. The highest BCUT2D eigenvalue weighted by atomic mass is 16.2. The number of guanidine groups is 1. The Kier molecular flexibility index (Phi) is 6.91. The highest BCUT2D eigenvalue weighted by molar-refractivity contribution is 5.79. The number of rotatable bonds is 7. The van der Waals surface area contributed by atoms with Gasteiger partial charge in [-0.2, -0.15) is 0 Å². The van der Waals surface area contributed by atoms with Crippen LogP contribution in [0.3, 0.4) is 0 Å². The van der Waals surface area contributed by atoms with Crippen LogP contribution in [0.25, 0.3) is 0 Å². The maximum atomic E-state index is 11.7. The molecule has 0 radical (unpaired) electrons. The third-order valence-electron chi connectivity index (χ3n) is 3.87. The van der Waals surface area contributed by atoms with E-state index in [2.05, 4.69) is 53.7 Å². The molecule has 1 fully saturated rings. The van der Waals surface area contributed by atoms with Crippen LogP contribution in [0.1, 0.15) is 44.2 Å². The van der Waals surface area contributed by atoms with Gasteiger partial charge in [0.15, 0.2) is 5.96 Å². The molecule has 0 spiro atoms. The van der Waals surface area contributed by atoms with Crippen molar-refractivity contribution in [3.05, 3.63) is 35.4 Å². The van der Waals surface area contributed by atoms with Gasteiger partial charge in [-0.15, -0.1) is 0 Å². The molecule has 5 heteroatoms. The molecular formula is C18H28N4O. The topological polar surface area (TPSA) is 56.7 Å². The summed E-state index contributed by atoms with van der Waals surface area (Å²) in [5.74, 6) is 1.14. The minimum Gasteiger partial charge on any atom is -0.357 e. The minimum atomic E-state index is 0.274. The minimum absolute atomic E-state index is 0.274. The summed E-state index contributed by atoms with van der Waals surface area (Å²) in [7, 11) is 0. The first kappa shape index (κ1) is 17.3. The lowest BCUT2D eigenvalue weighted by atomic mass is 10.1. The molecule has 0 bridgehead atoms. The molecule has 23 heavy (non-hydrogen) atoms. The van der Waals surface area contributed by atoms with E-state index in [9.17, 15) is 4.79 Å². The third kappa shape index (κ3) is 5.58. The van der Waals surface area contributed by atoms with E-state index in [1.54, 1.807) is 0 Å². The lowest BCUT2D eigenvalue weighted by molar-refractivity contribution is -0.128. The molecule has 0 aromatic heterocycles. The van der Waals surface area contributed by atoms with Crippen molar-refractivity contribution in [3.8, 4) is 0 Å². The second kappa shape index (κ2) is 9.18. The van der Waals surface area contributed by atoms with Gasteiger partial charge in [-0.1, -0.05) is 31.2 Å². The van der Waals surface area contributed by atoms with Crippen LogP contribution in [0.5, 0.6) is 0 Å². The fourth-order valence-electron chi connectivity index (χ4n) is 2.60. The molecule has 1 aliphatic heterocycles. The highest BCUT2D eigenvalue weighted by Gasteiger charge is 2.19. The van der Waals surface area contributed by atoms with Gasteiger partial charge in [0.2, 0.25) is 5.91 Å². The summed E-state index contributed by atoms with van der Waals surface area (Å²) in [6.45, 7) is 8.26. The summed E-state index contributed by atoms with van der Waals surface area (Å²) >= 11 is 0. The molecule has 2 rings (SSSR count). The molecule has 0 unspecified atom stereocenters. The Hall–Kier alpha value is -2.04. The van der Waals surface area contributed by atoms with Crippen LogP contribution in [0.2, 0.25) is 0 Å². The van der Waals surface area contributed by atoms with Gasteiger partial charge in [-0.25, -0.2) is 4.99 Å². The summed E-state index contributed by atoms with van der Waals surface area (Å²) < 4.78 is 0. The summed E-state index contributed by atoms with van der Waals surface area (Å²) in [5, 5.41) is 6.55. The van der Waals surface area contributed by atoms with Gasteiger partial charge in [-0.3, -0.25) is 4.79 Å². The zero-order valence-electron chi connectivity index (χ0n) is 14.3. The fraction of sp³-hybridized carbons (Fsp3) is 0.556. The molecule has 2 N–H and O–H groups in total. The molecule has 0 atom stereocenters. The summed E-state index contributed by atoms with van der Waals surface area (Å²) in [6.07, 6.45) is 2.77. The number of carbonyl (C=O) groups excluding carboxylic acids is 1. The molecule has 1 saturated heterocycles. The zero-order valence-corrected chi connectivity index (χ0v) is 14.3. The summed E-state index contributed by atoms with van der Waals surface area (Å²) in [4.78, 5) is 18.2. The number of carbonyl (C=O) groups is 1. The molecule has 1 aromatic carbocycles. The normalized spacial score (nSPS) is 15.1. The number of nitrogens with one attached hydrogen (secondary N) is 2. The Bertz CT molecular complexity index is 524. The molecule has 1 amide bonds. The van der Waals surface area contributed by atoms with Crippen LogP contribution in [0.4, 0.5) is 0 Å². The molecule has 0 saturated carbocycles. The number of nitrogens with zero attached hydrogens (tertiary/aromatic N) is 2. The number of amides is 1. The molecule has 1 aliphatic rings. The van der Waals surface area contributed by atoms with Crippen LogP contribution in [-0.2, 0) is 17.9 Å². The zero-order chi connectivity index (χ0) is 16.5. The van der Waals surface area contributed by atoms with Crippen molar-refractivity contribution in [3.63, 3.8) is 0 Å². The monoisotopic (exact) mass is 316 g/mol. The van der Waals surface area contributed by atoms with Gasteiger partial charge in [-0.05, 0) is 30.9 Å². The van der Waals surface area contributed by atoms with E-state index < -0.39 is 0 Å². The average molecular weight is 316 g/mol. The Balaban J connectivity index is 1.89. The van der Waals surface area contributed by atoms with E-state index in [4.69, 9.17) is 0 Å². The lowest BCUT2D eigenvalue weighted by Crippen LogP contribution is -2.37. The Morgan fingerprint density at radius 1 is 1.17 bits per heavy atom. The second-order valence-corrected chi connectivity index (χ2v) is 5.86. The predicted octanol–water partition coefficient (Wildman–Crippen LogP) is 2.27.